The summed E-state index contributed by atoms with van der Waals surface area (Å²) in [5, 5.41) is 67.5. The fraction of sp³-hybridized carbons (Fsp3) is 0.438. The predicted octanol–water partition coefficient (Wildman–Crippen LogP) is -2.97. The van der Waals surface area contributed by atoms with Gasteiger partial charge in [-0.3, -0.25) is 57.5 Å². The number of carbonyl (C=O) groups is 12. The van der Waals surface area contributed by atoms with E-state index in [-0.39, 0.29) is 46.8 Å². The molecule has 1 saturated heterocycles. The van der Waals surface area contributed by atoms with Crippen molar-refractivity contribution in [3.05, 3.63) is 70.1 Å². The van der Waals surface area contributed by atoms with E-state index >= 15 is 0 Å². The van der Waals surface area contributed by atoms with Crippen LogP contribution >= 0.6 is 0 Å². The lowest BCUT2D eigenvalue weighted by Crippen LogP contribution is -2.60. The first-order valence-electron chi connectivity index (χ1n) is 23.6. The van der Waals surface area contributed by atoms with Gasteiger partial charge in [-0.25, -0.2) is 4.79 Å². The standard InChI is InChI=1S/C48H59N9O19/c1-22(2)15-31-45(72)55-30(11-14-39(64)65)44(71)53-28(42(49)69)9-12-36(60)51-32(16-23-3-5-25(58)6-4-23)46(73)56-33(17-24-18-41(68)76-35-19-26(59)7-8-27(24)35)47(74)57-34(20-40(66)67)48(75)54-29(10-13-38(62)63)43(70)50-21-37(61)52-31/h3-8,18-19,22,28-34,58-59H,9-17,20-21H2,1-2H3,(H2,49,69)(H,50,70)(H,51,60)(H,52,61)(H,53,71)(H,54,75)(H,55,72)(H,56,73)(H,57,74)(H,62,63)(H,64,65)(H,66,67)/t28-,29-,30-,31-,32-,33-,34-/m0/s1. The van der Waals surface area contributed by atoms with Gasteiger partial charge in [0, 0.05) is 49.6 Å². The second-order valence-corrected chi connectivity index (χ2v) is 18.1. The Labute approximate surface area is 431 Å². The van der Waals surface area contributed by atoms with Crippen LogP contribution in [0.4, 0.5) is 0 Å². The molecule has 2 aromatic carbocycles. The van der Waals surface area contributed by atoms with E-state index in [0.29, 0.717) is 5.56 Å². The number of fused-ring (bicyclic) bond motifs is 1. The minimum atomic E-state index is -2.10. The van der Waals surface area contributed by atoms with Crippen LogP contribution in [0.15, 0.2) is 57.7 Å². The smallest absolute Gasteiger partial charge is 0.336 e. The molecule has 1 aliphatic rings. The van der Waals surface area contributed by atoms with Crippen molar-refractivity contribution in [2.24, 2.45) is 11.7 Å². The minimum absolute atomic E-state index is 0.000932. The lowest BCUT2D eigenvalue weighted by Gasteiger charge is -2.27. The van der Waals surface area contributed by atoms with Crippen molar-refractivity contribution in [2.75, 3.05) is 6.54 Å². The topological polar surface area (TPSA) is 458 Å². The number of rotatable bonds is 15. The lowest BCUT2D eigenvalue weighted by molar-refractivity contribution is -0.141. The number of hydrogen-bond acceptors (Lipinski definition) is 16. The van der Waals surface area contributed by atoms with Crippen LogP contribution in [0.3, 0.4) is 0 Å². The van der Waals surface area contributed by atoms with Gasteiger partial charge in [0.05, 0.1) is 13.0 Å². The molecule has 0 saturated carbocycles. The maximum atomic E-state index is 14.5. The molecule has 9 amide bonds. The Balaban J connectivity index is 1.85. The molecule has 28 heteroatoms. The van der Waals surface area contributed by atoms with Gasteiger partial charge >= 0.3 is 23.5 Å². The quantitative estimate of drug-likeness (QED) is 0.0676. The molecule has 28 nitrogen and oxygen atoms in total. The summed E-state index contributed by atoms with van der Waals surface area (Å²) in [6.07, 6.45) is -6.18. The number of phenols is 2. The number of carboxylic acids is 3. The van der Waals surface area contributed by atoms with Gasteiger partial charge < -0.3 is 78.2 Å². The highest BCUT2D eigenvalue weighted by atomic mass is 16.4. The molecule has 2 heterocycles. The number of carboxylic acid groups (broad SMARTS) is 3. The zero-order chi connectivity index (χ0) is 56.4. The maximum absolute atomic E-state index is 14.5. The number of nitrogens with two attached hydrogens (primary N) is 1. The monoisotopic (exact) mass is 1070 g/mol. The van der Waals surface area contributed by atoms with E-state index in [4.69, 9.17) is 10.2 Å². The first-order valence-corrected chi connectivity index (χ1v) is 23.6. The molecule has 1 fully saturated rings. The van der Waals surface area contributed by atoms with E-state index < -0.39 is 177 Å². The molecule has 1 aromatic heterocycles. The molecule has 3 aromatic rings. The molecule has 0 unspecified atom stereocenters. The van der Waals surface area contributed by atoms with E-state index in [1.54, 1.807) is 13.8 Å². The van der Waals surface area contributed by atoms with Crippen LogP contribution in [0.5, 0.6) is 11.5 Å². The molecule has 76 heavy (non-hydrogen) atoms. The molecule has 7 atom stereocenters. The van der Waals surface area contributed by atoms with E-state index in [1.807, 2.05) is 0 Å². The van der Waals surface area contributed by atoms with Crippen LogP contribution in [0, 0.1) is 5.92 Å². The molecule has 15 N–H and O–H groups in total. The number of carbonyl (C=O) groups excluding carboxylic acids is 9. The third-order valence-corrected chi connectivity index (χ3v) is 11.6. The van der Waals surface area contributed by atoms with Crippen LogP contribution in [0.1, 0.15) is 76.3 Å². The number of aromatic hydroxyl groups is 2. The molecule has 0 radical (unpaired) electrons. The summed E-state index contributed by atoms with van der Waals surface area (Å²) < 4.78 is 5.20. The average molecular weight is 1070 g/mol. The molecule has 410 valence electrons. The Morgan fingerprint density at radius 1 is 0.592 bits per heavy atom. The number of nitrogens with one attached hydrogen (secondary N) is 8. The number of amides is 9. The van der Waals surface area contributed by atoms with Gasteiger partial charge in [-0.15, -0.1) is 0 Å². The molecular weight excluding hydrogens is 1010 g/mol. The van der Waals surface area contributed by atoms with Crippen LogP contribution in [-0.4, -0.2) is 145 Å². The van der Waals surface area contributed by atoms with Crippen molar-refractivity contribution in [2.45, 2.75) is 120 Å². The van der Waals surface area contributed by atoms with Crippen molar-refractivity contribution in [1.29, 1.82) is 0 Å². The normalized spacial score (nSPS) is 22.1. The highest BCUT2D eigenvalue weighted by Gasteiger charge is 2.35. The van der Waals surface area contributed by atoms with Crippen LogP contribution < -0.4 is 53.9 Å². The Hall–Kier alpha value is -9.11. The molecule has 0 spiro atoms. The first-order chi connectivity index (χ1) is 35.8. The Morgan fingerprint density at radius 2 is 1.11 bits per heavy atom. The summed E-state index contributed by atoms with van der Waals surface area (Å²) >= 11 is 0. The van der Waals surface area contributed by atoms with Crippen molar-refractivity contribution in [1.82, 2.24) is 42.5 Å². The fourth-order valence-corrected chi connectivity index (χ4v) is 7.78. The van der Waals surface area contributed by atoms with E-state index in [2.05, 4.69) is 42.5 Å². The molecule has 4 rings (SSSR count). The number of hydrogen-bond donors (Lipinski definition) is 14. The van der Waals surface area contributed by atoms with Crippen molar-refractivity contribution >= 4 is 82.0 Å². The molecule has 0 aliphatic carbocycles. The van der Waals surface area contributed by atoms with Gasteiger partial charge in [0.15, 0.2) is 0 Å². The van der Waals surface area contributed by atoms with E-state index in [1.165, 1.54) is 36.4 Å². The first kappa shape index (κ1) is 59.5. The average Bonchev–Trinajstić information content (AvgIpc) is 3.33. The number of aliphatic carboxylic acids is 3. The summed E-state index contributed by atoms with van der Waals surface area (Å²) in [5.41, 5.74) is 4.76. The summed E-state index contributed by atoms with van der Waals surface area (Å²) in [5.74, 6) is -15.7. The number of phenolic OH excluding ortho intramolecular Hbond substituents is 2. The SMILES string of the molecule is CC(C)C[C@@H]1NC(=O)CNC(=O)[C@H](CCC(=O)O)NC(=O)[C@H](CC(=O)O)NC(=O)[C@H](Cc2cc(=O)oc3cc(O)ccc23)NC(=O)[C@H](Cc2ccc(O)cc2)NC(=O)CC[C@@H](C(N)=O)NC(=O)[C@H](CCC(=O)O)NC1=O. The Bertz CT molecular complexity index is 2760. The Morgan fingerprint density at radius 3 is 1.68 bits per heavy atom. The zero-order valence-electron chi connectivity index (χ0n) is 41.0. The van der Waals surface area contributed by atoms with Crippen LogP contribution in [0.2, 0.25) is 0 Å². The highest BCUT2D eigenvalue weighted by Crippen LogP contribution is 2.23. The van der Waals surface area contributed by atoms with Gasteiger partial charge in [0.1, 0.15) is 59.4 Å². The summed E-state index contributed by atoms with van der Waals surface area (Å²) in [4.78, 5) is 172. The fourth-order valence-electron chi connectivity index (χ4n) is 7.78. The largest absolute Gasteiger partial charge is 0.508 e. The predicted molar refractivity (Wildman–Crippen MR) is 260 cm³/mol. The number of primary amides is 1. The lowest BCUT2D eigenvalue weighted by atomic mass is 9.99. The second kappa shape index (κ2) is 27.8. The third-order valence-electron chi connectivity index (χ3n) is 11.6. The maximum Gasteiger partial charge on any atom is 0.336 e. The second-order valence-electron chi connectivity index (χ2n) is 18.1. The van der Waals surface area contributed by atoms with Crippen LogP contribution in [0.25, 0.3) is 11.0 Å². The summed E-state index contributed by atoms with van der Waals surface area (Å²) in [6.45, 7) is 2.40. The van der Waals surface area contributed by atoms with Crippen molar-refractivity contribution in [3.8, 4) is 11.5 Å². The van der Waals surface area contributed by atoms with Gasteiger partial charge in [-0.2, -0.15) is 0 Å². The van der Waals surface area contributed by atoms with E-state index in [9.17, 15) is 87.9 Å². The summed E-state index contributed by atoms with van der Waals surface area (Å²) in [6, 6.07) is -2.44. The van der Waals surface area contributed by atoms with Gasteiger partial charge in [0.25, 0.3) is 0 Å². The van der Waals surface area contributed by atoms with E-state index in [0.717, 1.165) is 12.1 Å². The zero-order valence-corrected chi connectivity index (χ0v) is 41.0. The van der Waals surface area contributed by atoms with Gasteiger partial charge in [0.2, 0.25) is 53.2 Å². The number of benzene rings is 2. The van der Waals surface area contributed by atoms with Crippen molar-refractivity contribution < 1.29 is 87.5 Å². The summed E-state index contributed by atoms with van der Waals surface area (Å²) in [7, 11) is 0. The molecule has 0 bridgehead atoms. The third kappa shape index (κ3) is 19.1. The Kier molecular flexibility index (Phi) is 21.8. The van der Waals surface area contributed by atoms with Crippen LogP contribution in [-0.2, 0) is 70.4 Å². The molecular formula is C48H59N9O19. The molecule has 1 aliphatic heterocycles. The van der Waals surface area contributed by atoms with Gasteiger partial charge in [-0.05, 0) is 67.0 Å². The van der Waals surface area contributed by atoms with Gasteiger partial charge in [-0.1, -0.05) is 26.0 Å². The van der Waals surface area contributed by atoms with Crippen molar-refractivity contribution in [3.63, 3.8) is 0 Å². The highest BCUT2D eigenvalue weighted by molar-refractivity contribution is 5.99. The minimum Gasteiger partial charge on any atom is -0.508 e.